The molecule has 1 heterocycles. The number of allylic oxidation sites excluding steroid dienone is 1. The number of rotatable bonds is 0. The van der Waals surface area contributed by atoms with Crippen LogP contribution in [-0.4, -0.2) is 19.0 Å². The van der Waals surface area contributed by atoms with E-state index in [1.165, 1.54) is 5.57 Å². The summed E-state index contributed by atoms with van der Waals surface area (Å²) in [5, 5.41) is 5.78. The second-order valence-corrected chi connectivity index (χ2v) is 2.56. The molecule has 0 spiro atoms. The second-order valence-electron chi connectivity index (χ2n) is 2.56. The van der Waals surface area contributed by atoms with E-state index in [-0.39, 0.29) is 5.91 Å². The van der Waals surface area contributed by atoms with E-state index in [4.69, 9.17) is 0 Å². The lowest BCUT2D eigenvalue weighted by Gasteiger charge is -2.01. The van der Waals surface area contributed by atoms with Gasteiger partial charge in [0.1, 0.15) is 0 Å². The van der Waals surface area contributed by atoms with Gasteiger partial charge < -0.3 is 10.6 Å². The highest BCUT2D eigenvalue weighted by atomic mass is 16.1. The summed E-state index contributed by atoms with van der Waals surface area (Å²) in [6.45, 7) is 5.16. The van der Waals surface area contributed by atoms with Crippen LogP contribution < -0.4 is 10.6 Å². The highest BCUT2D eigenvalue weighted by Gasteiger charge is 2.07. The Morgan fingerprint density at radius 1 is 1.30 bits per heavy atom. The van der Waals surface area contributed by atoms with Crippen molar-refractivity contribution in [2.75, 3.05) is 13.1 Å². The smallest absolute Gasteiger partial charge is 0.238 e. The molecule has 0 aromatic carbocycles. The monoisotopic (exact) mass is 140 g/mol. The largest absolute Gasteiger partial charge is 0.329 e. The fourth-order valence-electron chi connectivity index (χ4n) is 0.856. The molecule has 0 atom stereocenters. The molecule has 0 unspecified atom stereocenters. The third kappa shape index (κ3) is 1.57. The molecule has 0 aliphatic carbocycles. The summed E-state index contributed by atoms with van der Waals surface area (Å²) in [6, 6.07) is 0. The number of carbonyl (C=O) groups is 1. The van der Waals surface area contributed by atoms with Crippen LogP contribution in [0.1, 0.15) is 13.8 Å². The molecule has 0 aromatic heterocycles. The van der Waals surface area contributed by atoms with Crippen molar-refractivity contribution in [3.8, 4) is 0 Å². The lowest BCUT2D eigenvalue weighted by molar-refractivity contribution is -0.119. The van der Waals surface area contributed by atoms with Crippen molar-refractivity contribution in [1.29, 1.82) is 0 Å². The van der Waals surface area contributed by atoms with Gasteiger partial charge in [-0.15, -0.1) is 0 Å². The molecule has 1 aliphatic rings. The summed E-state index contributed by atoms with van der Waals surface area (Å²) in [4.78, 5) is 10.8. The number of amides is 1. The number of hydrogen-bond acceptors (Lipinski definition) is 2. The van der Waals surface area contributed by atoms with Crippen LogP contribution in [0.3, 0.4) is 0 Å². The van der Waals surface area contributed by atoms with Gasteiger partial charge in [-0.3, -0.25) is 4.79 Å². The standard InChI is InChI=1S/C7H12N2O/c1-5-3-8-4-7(10)9-6(5)2/h8H,3-4H2,1-2H3,(H,9,10). The Labute approximate surface area is 60.5 Å². The molecule has 0 bridgehead atoms. The normalized spacial score (nSPS) is 20.4. The van der Waals surface area contributed by atoms with Crippen molar-refractivity contribution in [2.24, 2.45) is 0 Å². The topological polar surface area (TPSA) is 41.1 Å². The van der Waals surface area contributed by atoms with Gasteiger partial charge in [0.2, 0.25) is 5.91 Å². The summed E-state index contributed by atoms with van der Waals surface area (Å²) in [6.07, 6.45) is 0. The summed E-state index contributed by atoms with van der Waals surface area (Å²) in [5.41, 5.74) is 2.18. The average molecular weight is 140 g/mol. The lowest BCUT2D eigenvalue weighted by atomic mass is 10.2. The molecule has 10 heavy (non-hydrogen) atoms. The van der Waals surface area contributed by atoms with Crippen LogP contribution in [-0.2, 0) is 4.79 Å². The molecular formula is C7H12N2O. The molecule has 2 N–H and O–H groups in total. The minimum absolute atomic E-state index is 0.0503. The van der Waals surface area contributed by atoms with Gasteiger partial charge in [-0.2, -0.15) is 0 Å². The molecule has 3 heteroatoms. The zero-order valence-corrected chi connectivity index (χ0v) is 6.32. The maximum absolute atomic E-state index is 10.8. The molecule has 1 rings (SSSR count). The first-order valence-corrected chi connectivity index (χ1v) is 3.37. The number of hydrogen-bond donors (Lipinski definition) is 2. The van der Waals surface area contributed by atoms with E-state index in [9.17, 15) is 4.79 Å². The molecule has 1 aliphatic heterocycles. The molecule has 1 amide bonds. The molecule has 3 nitrogen and oxygen atoms in total. The SMILES string of the molecule is CC1=C(C)NC(=O)CNC1. The van der Waals surface area contributed by atoms with Crippen LogP contribution in [0.4, 0.5) is 0 Å². The van der Waals surface area contributed by atoms with Crippen LogP contribution >= 0.6 is 0 Å². The molecule has 0 fully saturated rings. The Morgan fingerprint density at radius 2 is 2.00 bits per heavy atom. The maximum Gasteiger partial charge on any atom is 0.238 e. The Balaban J connectivity index is 2.70. The summed E-state index contributed by atoms with van der Waals surface area (Å²) in [7, 11) is 0. The van der Waals surface area contributed by atoms with Crippen molar-refractivity contribution in [3.63, 3.8) is 0 Å². The molecule has 0 aromatic rings. The van der Waals surface area contributed by atoms with Crippen molar-refractivity contribution < 1.29 is 4.79 Å². The predicted octanol–water partition coefficient (Wildman–Crippen LogP) is -0.000300. The first-order valence-electron chi connectivity index (χ1n) is 3.37. The van der Waals surface area contributed by atoms with E-state index in [1.807, 2.05) is 13.8 Å². The Kier molecular flexibility index (Phi) is 2.06. The first-order chi connectivity index (χ1) is 4.70. The van der Waals surface area contributed by atoms with E-state index in [0.29, 0.717) is 6.54 Å². The van der Waals surface area contributed by atoms with E-state index in [2.05, 4.69) is 10.6 Å². The van der Waals surface area contributed by atoms with Gasteiger partial charge in [-0.1, -0.05) is 0 Å². The zero-order chi connectivity index (χ0) is 7.56. The molecule has 0 saturated heterocycles. The Bertz CT molecular complexity index is 184. The third-order valence-electron chi connectivity index (χ3n) is 1.64. The van der Waals surface area contributed by atoms with E-state index >= 15 is 0 Å². The van der Waals surface area contributed by atoms with Crippen LogP contribution in [0, 0.1) is 0 Å². The molecular weight excluding hydrogens is 128 g/mol. The Hall–Kier alpha value is -0.830. The van der Waals surface area contributed by atoms with Gasteiger partial charge in [-0.05, 0) is 19.4 Å². The van der Waals surface area contributed by atoms with Gasteiger partial charge in [0, 0.05) is 12.2 Å². The van der Waals surface area contributed by atoms with Gasteiger partial charge in [0.25, 0.3) is 0 Å². The van der Waals surface area contributed by atoms with E-state index in [1.54, 1.807) is 0 Å². The van der Waals surface area contributed by atoms with Crippen molar-refractivity contribution >= 4 is 5.91 Å². The Morgan fingerprint density at radius 3 is 2.70 bits per heavy atom. The fourth-order valence-corrected chi connectivity index (χ4v) is 0.856. The summed E-state index contributed by atoms with van der Waals surface area (Å²) < 4.78 is 0. The van der Waals surface area contributed by atoms with Gasteiger partial charge in [0.15, 0.2) is 0 Å². The predicted molar refractivity (Wildman–Crippen MR) is 39.4 cm³/mol. The van der Waals surface area contributed by atoms with Crippen LogP contribution in [0.15, 0.2) is 11.3 Å². The number of nitrogens with one attached hydrogen (secondary N) is 2. The minimum atomic E-state index is 0.0503. The van der Waals surface area contributed by atoms with E-state index in [0.717, 1.165) is 12.2 Å². The fraction of sp³-hybridized carbons (Fsp3) is 0.571. The molecule has 56 valence electrons. The van der Waals surface area contributed by atoms with Crippen LogP contribution in [0.25, 0.3) is 0 Å². The minimum Gasteiger partial charge on any atom is -0.329 e. The van der Waals surface area contributed by atoms with Crippen molar-refractivity contribution in [1.82, 2.24) is 10.6 Å². The summed E-state index contributed by atoms with van der Waals surface area (Å²) >= 11 is 0. The highest BCUT2D eigenvalue weighted by molar-refractivity contribution is 5.80. The number of carbonyl (C=O) groups excluding carboxylic acids is 1. The third-order valence-corrected chi connectivity index (χ3v) is 1.64. The average Bonchev–Trinajstić information content (AvgIpc) is 1.96. The highest BCUT2D eigenvalue weighted by Crippen LogP contribution is 1.99. The molecule has 0 saturated carbocycles. The van der Waals surface area contributed by atoms with Gasteiger partial charge in [0.05, 0.1) is 6.54 Å². The van der Waals surface area contributed by atoms with Gasteiger partial charge >= 0.3 is 0 Å². The maximum atomic E-state index is 10.8. The molecule has 0 radical (unpaired) electrons. The quantitative estimate of drug-likeness (QED) is 0.497. The van der Waals surface area contributed by atoms with Gasteiger partial charge in [-0.25, -0.2) is 0 Å². The van der Waals surface area contributed by atoms with Crippen molar-refractivity contribution in [2.45, 2.75) is 13.8 Å². The lowest BCUT2D eigenvalue weighted by Crippen LogP contribution is -2.29. The van der Waals surface area contributed by atoms with Crippen LogP contribution in [0.5, 0.6) is 0 Å². The summed E-state index contributed by atoms with van der Waals surface area (Å²) in [5.74, 6) is 0.0503. The first kappa shape index (κ1) is 7.28. The van der Waals surface area contributed by atoms with Crippen LogP contribution in [0.2, 0.25) is 0 Å². The zero-order valence-electron chi connectivity index (χ0n) is 6.32. The van der Waals surface area contributed by atoms with E-state index < -0.39 is 0 Å². The second kappa shape index (κ2) is 2.84. The van der Waals surface area contributed by atoms with Crippen molar-refractivity contribution in [3.05, 3.63) is 11.3 Å².